The highest BCUT2D eigenvalue weighted by molar-refractivity contribution is 7.99. The highest BCUT2D eigenvalue weighted by Crippen LogP contribution is 2.27. The average Bonchev–Trinajstić information content (AvgIpc) is 2.77. The van der Waals surface area contributed by atoms with Gasteiger partial charge in [-0.05, 0) is 37.1 Å². The molecule has 1 aliphatic rings. The van der Waals surface area contributed by atoms with E-state index in [1.807, 2.05) is 19.1 Å². The molecule has 0 unspecified atom stereocenters. The van der Waals surface area contributed by atoms with Crippen LogP contribution in [0.5, 0.6) is 0 Å². The van der Waals surface area contributed by atoms with Crippen LogP contribution in [0.25, 0.3) is 0 Å². The molecule has 1 heterocycles. The van der Waals surface area contributed by atoms with Crippen LogP contribution in [0, 0.1) is 5.82 Å². The van der Waals surface area contributed by atoms with Crippen molar-refractivity contribution in [3.8, 4) is 0 Å². The van der Waals surface area contributed by atoms with Crippen LogP contribution in [0.15, 0.2) is 24.3 Å². The molecule has 0 aromatic heterocycles. The lowest BCUT2D eigenvalue weighted by Crippen LogP contribution is -2.44. The largest absolute Gasteiger partial charge is 0.388 e. The van der Waals surface area contributed by atoms with E-state index in [1.165, 1.54) is 6.07 Å². The summed E-state index contributed by atoms with van der Waals surface area (Å²) in [7, 11) is 0. The van der Waals surface area contributed by atoms with Crippen molar-refractivity contribution in [3.05, 3.63) is 35.6 Å². The Bertz CT molecular complexity index is 393. The summed E-state index contributed by atoms with van der Waals surface area (Å²) in [6.45, 7) is 2.62. The quantitative estimate of drug-likeness (QED) is 0.859. The molecule has 0 radical (unpaired) electrons. The second-order valence-electron chi connectivity index (χ2n) is 5.10. The number of hydrogen-bond donors (Lipinski definition) is 2. The monoisotopic (exact) mass is 269 g/mol. The van der Waals surface area contributed by atoms with E-state index in [4.69, 9.17) is 0 Å². The summed E-state index contributed by atoms with van der Waals surface area (Å²) in [6, 6.07) is 7.02. The molecule has 1 saturated heterocycles. The van der Waals surface area contributed by atoms with Crippen LogP contribution < -0.4 is 5.32 Å². The van der Waals surface area contributed by atoms with Gasteiger partial charge in [-0.15, -0.1) is 0 Å². The predicted octanol–water partition coefficient (Wildman–Crippen LogP) is 2.21. The second kappa shape index (κ2) is 6.04. The molecule has 2 rings (SSSR count). The fourth-order valence-corrected chi connectivity index (χ4v) is 3.46. The molecule has 2 atom stereocenters. The SMILES string of the molecule is C[C@H](Cc1ccccc1F)NC[C@@]1(O)CCSC1. The highest BCUT2D eigenvalue weighted by atomic mass is 32.2. The summed E-state index contributed by atoms with van der Waals surface area (Å²) >= 11 is 1.79. The van der Waals surface area contributed by atoms with Crippen molar-refractivity contribution >= 4 is 11.8 Å². The van der Waals surface area contributed by atoms with Crippen LogP contribution in [-0.2, 0) is 6.42 Å². The fraction of sp³-hybridized carbons (Fsp3) is 0.571. The summed E-state index contributed by atoms with van der Waals surface area (Å²) in [6.07, 6.45) is 1.49. The number of nitrogens with one attached hydrogen (secondary N) is 1. The predicted molar refractivity (Wildman–Crippen MR) is 74.5 cm³/mol. The van der Waals surface area contributed by atoms with Gasteiger partial charge in [0, 0.05) is 18.3 Å². The van der Waals surface area contributed by atoms with E-state index >= 15 is 0 Å². The Kier molecular flexibility index (Phi) is 4.65. The Hall–Kier alpha value is -0.580. The molecule has 0 aliphatic carbocycles. The van der Waals surface area contributed by atoms with Gasteiger partial charge < -0.3 is 10.4 Å². The van der Waals surface area contributed by atoms with Gasteiger partial charge in [0.05, 0.1) is 5.60 Å². The number of aliphatic hydroxyl groups is 1. The minimum Gasteiger partial charge on any atom is -0.388 e. The van der Waals surface area contributed by atoms with E-state index in [1.54, 1.807) is 17.8 Å². The van der Waals surface area contributed by atoms with Crippen LogP contribution in [0.2, 0.25) is 0 Å². The van der Waals surface area contributed by atoms with Crippen molar-refractivity contribution in [2.75, 3.05) is 18.1 Å². The lowest BCUT2D eigenvalue weighted by atomic mass is 10.0. The van der Waals surface area contributed by atoms with Gasteiger partial charge in [0.1, 0.15) is 5.82 Å². The van der Waals surface area contributed by atoms with Crippen LogP contribution in [0.3, 0.4) is 0 Å². The first-order valence-electron chi connectivity index (χ1n) is 6.36. The fourth-order valence-electron chi connectivity index (χ4n) is 2.17. The van der Waals surface area contributed by atoms with Crippen molar-refractivity contribution in [1.29, 1.82) is 0 Å². The van der Waals surface area contributed by atoms with Gasteiger partial charge in [0.2, 0.25) is 0 Å². The molecule has 18 heavy (non-hydrogen) atoms. The first kappa shape index (κ1) is 13.8. The van der Waals surface area contributed by atoms with Crippen LogP contribution in [0.4, 0.5) is 4.39 Å². The van der Waals surface area contributed by atoms with Crippen LogP contribution >= 0.6 is 11.8 Å². The van der Waals surface area contributed by atoms with Crippen molar-refractivity contribution in [2.24, 2.45) is 0 Å². The van der Waals surface area contributed by atoms with Crippen LogP contribution in [0.1, 0.15) is 18.9 Å². The maximum atomic E-state index is 13.5. The Labute approximate surface area is 112 Å². The molecule has 2 nitrogen and oxygen atoms in total. The maximum Gasteiger partial charge on any atom is 0.126 e. The molecule has 0 bridgehead atoms. The number of rotatable bonds is 5. The van der Waals surface area contributed by atoms with Gasteiger partial charge in [0.25, 0.3) is 0 Å². The first-order chi connectivity index (χ1) is 8.59. The normalized spacial score (nSPS) is 25.3. The lowest BCUT2D eigenvalue weighted by Gasteiger charge is -2.24. The third-order valence-electron chi connectivity index (χ3n) is 3.35. The number of hydrogen-bond acceptors (Lipinski definition) is 3. The molecule has 4 heteroatoms. The molecule has 1 fully saturated rings. The summed E-state index contributed by atoms with van der Waals surface area (Å²) in [5.41, 5.74) is 0.152. The highest BCUT2D eigenvalue weighted by Gasteiger charge is 2.31. The maximum absolute atomic E-state index is 13.5. The number of halogens is 1. The van der Waals surface area contributed by atoms with Gasteiger partial charge in [-0.2, -0.15) is 11.8 Å². The van der Waals surface area contributed by atoms with E-state index in [-0.39, 0.29) is 11.9 Å². The zero-order valence-corrected chi connectivity index (χ0v) is 11.5. The minimum atomic E-state index is -0.575. The van der Waals surface area contributed by atoms with Gasteiger partial charge in [-0.1, -0.05) is 18.2 Å². The first-order valence-corrected chi connectivity index (χ1v) is 7.51. The van der Waals surface area contributed by atoms with Gasteiger partial charge in [-0.3, -0.25) is 0 Å². The number of benzene rings is 1. The van der Waals surface area contributed by atoms with E-state index in [9.17, 15) is 9.50 Å². The molecule has 0 amide bonds. The van der Waals surface area contributed by atoms with Gasteiger partial charge >= 0.3 is 0 Å². The summed E-state index contributed by atoms with van der Waals surface area (Å²) < 4.78 is 13.5. The third-order valence-corrected chi connectivity index (χ3v) is 4.58. The van der Waals surface area contributed by atoms with Gasteiger partial charge in [-0.25, -0.2) is 4.39 Å². The Morgan fingerprint density at radius 3 is 2.94 bits per heavy atom. The van der Waals surface area contributed by atoms with Crippen molar-refractivity contribution in [3.63, 3.8) is 0 Å². The Morgan fingerprint density at radius 1 is 1.50 bits per heavy atom. The number of thioether (sulfide) groups is 1. The molecule has 1 aromatic carbocycles. The molecular weight excluding hydrogens is 249 g/mol. The van der Waals surface area contributed by atoms with Crippen LogP contribution in [-0.4, -0.2) is 34.8 Å². The molecule has 2 N–H and O–H groups in total. The smallest absolute Gasteiger partial charge is 0.126 e. The summed E-state index contributed by atoms with van der Waals surface area (Å²) in [4.78, 5) is 0. The minimum absolute atomic E-state index is 0.152. The van der Waals surface area contributed by atoms with E-state index < -0.39 is 5.60 Å². The van der Waals surface area contributed by atoms with E-state index in [0.29, 0.717) is 13.0 Å². The lowest BCUT2D eigenvalue weighted by molar-refractivity contribution is 0.0651. The molecule has 0 spiro atoms. The Balaban J connectivity index is 1.82. The van der Waals surface area contributed by atoms with Gasteiger partial charge in [0.15, 0.2) is 0 Å². The zero-order chi connectivity index (χ0) is 13.0. The summed E-state index contributed by atoms with van der Waals surface area (Å²) in [5.74, 6) is 1.67. The van der Waals surface area contributed by atoms with Crippen molar-refractivity contribution in [1.82, 2.24) is 5.32 Å². The molecule has 1 aromatic rings. The van der Waals surface area contributed by atoms with E-state index in [2.05, 4.69) is 5.32 Å². The average molecular weight is 269 g/mol. The van der Waals surface area contributed by atoms with Crippen molar-refractivity contribution in [2.45, 2.75) is 31.4 Å². The second-order valence-corrected chi connectivity index (χ2v) is 6.21. The zero-order valence-electron chi connectivity index (χ0n) is 10.7. The third kappa shape index (κ3) is 3.70. The standard InChI is InChI=1S/C14H20FNOS/c1-11(8-12-4-2-3-5-13(12)15)16-9-14(17)6-7-18-10-14/h2-5,11,16-17H,6-10H2,1H3/t11-,14+/m1/s1. The molecule has 0 saturated carbocycles. The van der Waals surface area contributed by atoms with Crippen molar-refractivity contribution < 1.29 is 9.50 Å². The Morgan fingerprint density at radius 2 is 2.28 bits per heavy atom. The molecule has 1 aliphatic heterocycles. The summed E-state index contributed by atoms with van der Waals surface area (Å²) in [5, 5.41) is 13.5. The topological polar surface area (TPSA) is 32.3 Å². The molecular formula is C14H20FNOS. The molecule has 100 valence electrons. The van der Waals surface area contributed by atoms with E-state index in [0.717, 1.165) is 23.5 Å².